The largest absolute Gasteiger partial charge is 0.425 e. The van der Waals surface area contributed by atoms with Gasteiger partial charge in [0.05, 0.1) is 0 Å². The SMILES string of the molecule is CCCCC/C=C\C#CC#CCCCCCC1OC(C)(OC)C(C)(OC)OC1=O. The maximum Gasteiger partial charge on any atom is 0.338 e. The lowest BCUT2D eigenvalue weighted by Gasteiger charge is -2.47. The van der Waals surface area contributed by atoms with Gasteiger partial charge in [0.15, 0.2) is 6.10 Å². The van der Waals surface area contributed by atoms with Crippen molar-refractivity contribution >= 4 is 5.97 Å². The zero-order chi connectivity index (χ0) is 21.6. The van der Waals surface area contributed by atoms with Crippen LogP contribution in [0.3, 0.4) is 0 Å². The van der Waals surface area contributed by atoms with E-state index in [9.17, 15) is 4.79 Å². The van der Waals surface area contributed by atoms with Gasteiger partial charge < -0.3 is 18.9 Å². The lowest BCUT2D eigenvalue weighted by atomic mass is 10.0. The molecule has 0 N–H and O–H groups in total. The third kappa shape index (κ3) is 8.23. The third-order valence-electron chi connectivity index (χ3n) is 5.20. The molecule has 0 aromatic carbocycles. The van der Waals surface area contributed by atoms with Crippen LogP contribution in [0.5, 0.6) is 0 Å². The van der Waals surface area contributed by atoms with E-state index in [0.29, 0.717) is 6.42 Å². The Hall–Kier alpha value is -1.79. The molecule has 5 nitrogen and oxygen atoms in total. The van der Waals surface area contributed by atoms with Crippen LogP contribution in [0.15, 0.2) is 12.2 Å². The fourth-order valence-electron chi connectivity index (χ4n) is 2.97. The summed E-state index contributed by atoms with van der Waals surface area (Å²) in [4.78, 5) is 12.2. The second kappa shape index (κ2) is 13.4. The van der Waals surface area contributed by atoms with Crippen molar-refractivity contribution in [2.75, 3.05) is 14.2 Å². The van der Waals surface area contributed by atoms with E-state index in [0.717, 1.165) is 32.1 Å². The minimum Gasteiger partial charge on any atom is -0.425 e. The summed E-state index contributed by atoms with van der Waals surface area (Å²) in [5.74, 6) is 8.91. The van der Waals surface area contributed by atoms with Crippen LogP contribution in [0.25, 0.3) is 0 Å². The fourth-order valence-corrected chi connectivity index (χ4v) is 2.97. The number of cyclic esters (lactones) is 1. The summed E-state index contributed by atoms with van der Waals surface area (Å²) in [5.41, 5.74) is 0. The molecule has 0 bridgehead atoms. The number of carbonyl (C=O) groups excluding carboxylic acids is 1. The first-order valence-corrected chi connectivity index (χ1v) is 10.6. The molecule has 29 heavy (non-hydrogen) atoms. The van der Waals surface area contributed by atoms with Crippen molar-refractivity contribution in [3.63, 3.8) is 0 Å². The summed E-state index contributed by atoms with van der Waals surface area (Å²) >= 11 is 0. The Balaban J connectivity index is 2.25. The molecule has 1 aliphatic heterocycles. The molecular weight excluding hydrogens is 368 g/mol. The minimum absolute atomic E-state index is 0.415. The van der Waals surface area contributed by atoms with Crippen LogP contribution in [0.1, 0.15) is 78.6 Å². The predicted octanol–water partition coefficient (Wildman–Crippen LogP) is 4.75. The van der Waals surface area contributed by atoms with Crippen molar-refractivity contribution < 1.29 is 23.7 Å². The van der Waals surface area contributed by atoms with E-state index in [1.807, 2.05) is 6.08 Å². The van der Waals surface area contributed by atoms with Gasteiger partial charge in [-0.1, -0.05) is 50.5 Å². The lowest BCUT2D eigenvalue weighted by Crippen LogP contribution is -2.64. The Morgan fingerprint density at radius 3 is 2.48 bits per heavy atom. The molecule has 0 aromatic heterocycles. The smallest absolute Gasteiger partial charge is 0.338 e. The Morgan fingerprint density at radius 2 is 1.79 bits per heavy atom. The van der Waals surface area contributed by atoms with Gasteiger partial charge in [-0.25, -0.2) is 4.79 Å². The molecule has 0 radical (unpaired) electrons. The summed E-state index contributed by atoms with van der Waals surface area (Å²) in [6.07, 6.45) is 12.3. The molecule has 1 rings (SSSR count). The fraction of sp³-hybridized carbons (Fsp3) is 0.708. The minimum atomic E-state index is -1.27. The summed E-state index contributed by atoms with van der Waals surface area (Å²) in [5, 5.41) is 0. The van der Waals surface area contributed by atoms with E-state index in [2.05, 4.69) is 36.7 Å². The van der Waals surface area contributed by atoms with Gasteiger partial charge in [-0.05, 0) is 50.5 Å². The van der Waals surface area contributed by atoms with E-state index >= 15 is 0 Å². The van der Waals surface area contributed by atoms with Gasteiger partial charge >= 0.3 is 5.97 Å². The first kappa shape index (κ1) is 25.2. The van der Waals surface area contributed by atoms with Gasteiger partial charge in [-0.15, -0.1) is 0 Å². The highest BCUT2D eigenvalue weighted by atomic mass is 16.8. The first-order chi connectivity index (χ1) is 13.9. The zero-order valence-corrected chi connectivity index (χ0v) is 18.6. The van der Waals surface area contributed by atoms with E-state index in [1.165, 1.54) is 33.5 Å². The predicted molar refractivity (Wildman–Crippen MR) is 114 cm³/mol. The molecule has 0 aliphatic carbocycles. The van der Waals surface area contributed by atoms with E-state index < -0.39 is 23.6 Å². The molecule has 162 valence electrons. The van der Waals surface area contributed by atoms with Gasteiger partial charge in [0.2, 0.25) is 5.79 Å². The first-order valence-electron chi connectivity index (χ1n) is 10.6. The normalized spacial score (nSPS) is 26.4. The van der Waals surface area contributed by atoms with Crippen molar-refractivity contribution in [1.82, 2.24) is 0 Å². The monoisotopic (exact) mass is 404 g/mol. The van der Waals surface area contributed by atoms with Crippen molar-refractivity contribution in [2.24, 2.45) is 0 Å². The molecule has 5 heteroatoms. The number of allylic oxidation sites excluding steroid dienone is 2. The van der Waals surface area contributed by atoms with Crippen LogP contribution in [-0.2, 0) is 23.7 Å². The van der Waals surface area contributed by atoms with Crippen LogP contribution in [0, 0.1) is 23.7 Å². The molecule has 0 aromatic rings. The van der Waals surface area contributed by atoms with Crippen molar-refractivity contribution in [2.45, 2.75) is 96.2 Å². The van der Waals surface area contributed by atoms with Crippen molar-refractivity contribution in [3.8, 4) is 23.7 Å². The summed E-state index contributed by atoms with van der Waals surface area (Å²) in [7, 11) is 2.97. The van der Waals surface area contributed by atoms with Gasteiger partial charge in [-0.2, -0.15) is 0 Å². The highest BCUT2D eigenvalue weighted by Crippen LogP contribution is 2.38. The Kier molecular flexibility index (Phi) is 11.7. The number of hydrogen-bond acceptors (Lipinski definition) is 5. The van der Waals surface area contributed by atoms with Gasteiger partial charge in [0.1, 0.15) is 0 Å². The molecular formula is C24H36O5. The molecule has 0 spiro atoms. The number of methoxy groups -OCH3 is 2. The molecule has 3 atom stereocenters. The topological polar surface area (TPSA) is 54.0 Å². The Labute approximate surface area is 176 Å². The zero-order valence-electron chi connectivity index (χ0n) is 18.6. The number of unbranched alkanes of at least 4 members (excludes halogenated alkanes) is 6. The molecule has 0 amide bonds. The number of carbonyl (C=O) groups is 1. The highest BCUT2D eigenvalue weighted by molar-refractivity contribution is 5.75. The molecule has 0 saturated carbocycles. The quantitative estimate of drug-likeness (QED) is 0.283. The van der Waals surface area contributed by atoms with Gasteiger partial charge in [0, 0.05) is 27.6 Å². The highest BCUT2D eigenvalue weighted by Gasteiger charge is 2.57. The maximum atomic E-state index is 12.2. The number of ether oxygens (including phenoxy) is 4. The van der Waals surface area contributed by atoms with E-state index in [4.69, 9.17) is 18.9 Å². The molecule has 1 saturated heterocycles. The molecule has 3 unspecified atom stereocenters. The van der Waals surface area contributed by atoms with E-state index in [-0.39, 0.29) is 0 Å². The van der Waals surface area contributed by atoms with Gasteiger partial charge in [-0.3, -0.25) is 0 Å². The van der Waals surface area contributed by atoms with Crippen LogP contribution in [0.4, 0.5) is 0 Å². The van der Waals surface area contributed by atoms with Crippen LogP contribution in [-0.4, -0.2) is 37.9 Å². The van der Waals surface area contributed by atoms with E-state index in [1.54, 1.807) is 13.8 Å². The van der Waals surface area contributed by atoms with Crippen LogP contribution in [0.2, 0.25) is 0 Å². The summed E-state index contributed by atoms with van der Waals surface area (Å²) < 4.78 is 22.1. The summed E-state index contributed by atoms with van der Waals surface area (Å²) in [6.45, 7) is 5.55. The number of rotatable bonds is 11. The second-order valence-corrected chi connectivity index (χ2v) is 7.40. The van der Waals surface area contributed by atoms with Crippen molar-refractivity contribution in [3.05, 3.63) is 12.2 Å². The number of esters is 1. The van der Waals surface area contributed by atoms with Gasteiger partial charge in [0.25, 0.3) is 5.79 Å². The second-order valence-electron chi connectivity index (χ2n) is 7.40. The third-order valence-corrected chi connectivity index (χ3v) is 5.20. The molecule has 1 heterocycles. The maximum absolute atomic E-state index is 12.2. The summed E-state index contributed by atoms with van der Waals surface area (Å²) in [6, 6.07) is 0. The Morgan fingerprint density at radius 1 is 1.03 bits per heavy atom. The average molecular weight is 405 g/mol. The lowest BCUT2D eigenvalue weighted by molar-refractivity contribution is -0.406. The van der Waals surface area contributed by atoms with Crippen molar-refractivity contribution in [1.29, 1.82) is 0 Å². The molecule has 1 aliphatic rings. The standard InChI is InChI=1S/C24H36O5/c1-6-7-8-9-10-11-12-13-14-15-16-17-18-19-20-21-22(25)29-24(3,27-5)23(2,26-4)28-21/h10-11,21H,6-9,16-20H2,1-5H3/b11-10-. The average Bonchev–Trinajstić information content (AvgIpc) is 2.71. The van der Waals surface area contributed by atoms with Crippen LogP contribution < -0.4 is 0 Å². The number of hydrogen-bond donors (Lipinski definition) is 0. The molecule has 1 fully saturated rings. The Bertz CT molecular complexity index is 648. The van der Waals surface area contributed by atoms with Crippen LogP contribution >= 0.6 is 0 Å².